The van der Waals surface area contributed by atoms with Gasteiger partial charge in [-0.25, -0.2) is 17.9 Å². The van der Waals surface area contributed by atoms with E-state index in [0.29, 0.717) is 5.69 Å². The normalized spacial score (nSPS) is 10.7. The number of nitrogens with two attached hydrogens (primary N) is 1. The zero-order chi connectivity index (χ0) is 17.7. The highest BCUT2D eigenvalue weighted by Crippen LogP contribution is 2.14. The number of sulfonamides is 1. The molecular formula is C13H12N4O5S2. The molecule has 0 saturated heterocycles. The monoisotopic (exact) mass is 368 g/mol. The lowest BCUT2D eigenvalue weighted by Gasteiger charge is -2.09. The van der Waals surface area contributed by atoms with Crippen LogP contribution < -0.4 is 21.1 Å². The summed E-state index contributed by atoms with van der Waals surface area (Å²) in [6, 6.07) is 7.14. The minimum atomic E-state index is -4.02. The van der Waals surface area contributed by atoms with Crippen LogP contribution in [0.3, 0.4) is 0 Å². The molecule has 0 unspecified atom stereocenters. The highest BCUT2D eigenvalue weighted by molar-refractivity contribution is 7.90. The van der Waals surface area contributed by atoms with E-state index >= 15 is 0 Å². The summed E-state index contributed by atoms with van der Waals surface area (Å²) in [5.74, 6) is -0.430. The minimum Gasteiger partial charge on any atom is -0.459 e. The van der Waals surface area contributed by atoms with E-state index in [2.05, 4.69) is 10.6 Å². The van der Waals surface area contributed by atoms with Crippen LogP contribution in [0, 0.1) is 0 Å². The Hall–Kier alpha value is -2.92. The van der Waals surface area contributed by atoms with Gasteiger partial charge in [-0.3, -0.25) is 10.1 Å². The zero-order valence-electron chi connectivity index (χ0n) is 12.0. The molecule has 0 fully saturated rings. The molecular weight excluding hydrogens is 356 g/mol. The standard InChI is InChI=1S/C13H12N4O5S2/c14-12(19)17-24(20,21)9-5-3-8(4-6-9)15-13(23)16-11(18)10-2-1-7-22-10/h1-7H,(H3,14,17,19)(H2,15,16,18,23). The molecule has 0 spiro atoms. The number of hydrogen-bond donors (Lipinski definition) is 4. The van der Waals surface area contributed by atoms with Gasteiger partial charge in [0.15, 0.2) is 10.9 Å². The van der Waals surface area contributed by atoms with Gasteiger partial charge in [-0.1, -0.05) is 0 Å². The first-order valence-electron chi connectivity index (χ1n) is 6.36. The summed E-state index contributed by atoms with van der Waals surface area (Å²) in [5.41, 5.74) is 5.22. The molecule has 1 heterocycles. The van der Waals surface area contributed by atoms with E-state index in [1.54, 1.807) is 10.8 Å². The minimum absolute atomic E-state index is 0.00210. The van der Waals surface area contributed by atoms with Gasteiger partial charge in [0.2, 0.25) is 0 Å². The summed E-state index contributed by atoms with van der Waals surface area (Å²) >= 11 is 4.97. The third-order valence-electron chi connectivity index (χ3n) is 2.63. The molecule has 11 heteroatoms. The van der Waals surface area contributed by atoms with Crippen LogP contribution >= 0.6 is 12.2 Å². The van der Waals surface area contributed by atoms with Crippen LogP contribution in [0.25, 0.3) is 0 Å². The summed E-state index contributed by atoms with van der Waals surface area (Å²) < 4.78 is 30.0. The van der Waals surface area contributed by atoms with Gasteiger partial charge in [0.1, 0.15) is 0 Å². The molecule has 0 saturated carbocycles. The topological polar surface area (TPSA) is 144 Å². The fraction of sp³-hybridized carbons (Fsp3) is 0. The van der Waals surface area contributed by atoms with Crippen molar-refractivity contribution in [1.29, 1.82) is 0 Å². The molecule has 1 aromatic carbocycles. The van der Waals surface area contributed by atoms with Gasteiger partial charge in [-0.2, -0.15) is 0 Å². The molecule has 0 atom stereocenters. The molecule has 0 aliphatic heterocycles. The average Bonchev–Trinajstić information content (AvgIpc) is 3.00. The van der Waals surface area contributed by atoms with Crippen molar-refractivity contribution in [3.05, 3.63) is 48.4 Å². The Labute approximate surface area is 142 Å². The van der Waals surface area contributed by atoms with E-state index < -0.39 is 22.0 Å². The summed E-state index contributed by atoms with van der Waals surface area (Å²) in [5, 5.41) is 5.10. The van der Waals surface area contributed by atoms with Crippen LogP contribution in [0.2, 0.25) is 0 Å². The highest BCUT2D eigenvalue weighted by atomic mass is 32.2. The van der Waals surface area contributed by atoms with Crippen LogP contribution in [0.5, 0.6) is 0 Å². The molecule has 2 rings (SSSR count). The molecule has 0 bridgehead atoms. The van der Waals surface area contributed by atoms with Gasteiger partial charge in [-0.05, 0) is 48.6 Å². The molecule has 3 amide bonds. The van der Waals surface area contributed by atoms with Gasteiger partial charge >= 0.3 is 6.03 Å². The van der Waals surface area contributed by atoms with Crippen LogP contribution in [0.1, 0.15) is 10.6 Å². The van der Waals surface area contributed by atoms with E-state index in [0.717, 1.165) is 0 Å². The number of thiocarbonyl (C=S) groups is 1. The van der Waals surface area contributed by atoms with Crippen LogP contribution in [-0.4, -0.2) is 25.5 Å². The lowest BCUT2D eigenvalue weighted by molar-refractivity contribution is 0.0950. The Balaban J connectivity index is 2.00. The number of urea groups is 1. The van der Waals surface area contributed by atoms with Crippen molar-refractivity contribution in [3.8, 4) is 0 Å². The van der Waals surface area contributed by atoms with E-state index in [1.165, 1.54) is 36.6 Å². The SMILES string of the molecule is NC(=O)NS(=O)(=O)c1ccc(NC(=S)NC(=O)c2ccco2)cc1. The average molecular weight is 368 g/mol. The van der Waals surface area contributed by atoms with Crippen molar-refractivity contribution in [1.82, 2.24) is 10.0 Å². The molecule has 0 radical (unpaired) electrons. The number of furan rings is 1. The van der Waals surface area contributed by atoms with Crippen LogP contribution in [0.4, 0.5) is 10.5 Å². The smallest absolute Gasteiger partial charge is 0.326 e. The van der Waals surface area contributed by atoms with Crippen LogP contribution in [0.15, 0.2) is 52.0 Å². The summed E-state index contributed by atoms with van der Waals surface area (Å²) in [6.07, 6.45) is 1.35. The van der Waals surface area contributed by atoms with Gasteiger partial charge in [0, 0.05) is 5.69 Å². The van der Waals surface area contributed by atoms with Gasteiger partial charge in [0.25, 0.3) is 15.9 Å². The molecule has 126 valence electrons. The largest absolute Gasteiger partial charge is 0.459 e. The lowest BCUT2D eigenvalue weighted by Crippen LogP contribution is -2.35. The maximum Gasteiger partial charge on any atom is 0.326 e. The van der Waals surface area contributed by atoms with E-state index in [-0.39, 0.29) is 15.8 Å². The number of benzene rings is 1. The Morgan fingerprint density at radius 2 is 1.79 bits per heavy atom. The van der Waals surface area contributed by atoms with Crippen molar-refractivity contribution < 1.29 is 22.4 Å². The number of rotatable bonds is 4. The Morgan fingerprint density at radius 1 is 1.12 bits per heavy atom. The number of carbonyl (C=O) groups is 2. The lowest BCUT2D eigenvalue weighted by atomic mass is 10.3. The Morgan fingerprint density at radius 3 is 2.33 bits per heavy atom. The predicted molar refractivity (Wildman–Crippen MR) is 88.7 cm³/mol. The third-order valence-corrected chi connectivity index (χ3v) is 4.20. The zero-order valence-corrected chi connectivity index (χ0v) is 13.6. The second-order valence-corrected chi connectivity index (χ2v) is 6.47. The van der Waals surface area contributed by atoms with Crippen molar-refractivity contribution >= 4 is 45.0 Å². The van der Waals surface area contributed by atoms with Crippen molar-refractivity contribution in [2.75, 3.05) is 5.32 Å². The number of hydrogen-bond acceptors (Lipinski definition) is 6. The molecule has 1 aromatic heterocycles. The number of nitrogens with one attached hydrogen (secondary N) is 3. The highest BCUT2D eigenvalue weighted by Gasteiger charge is 2.16. The Kier molecular flexibility index (Phi) is 5.16. The van der Waals surface area contributed by atoms with Gasteiger partial charge in [0.05, 0.1) is 11.2 Å². The first kappa shape index (κ1) is 17.4. The molecule has 2 aromatic rings. The summed E-state index contributed by atoms with van der Waals surface area (Å²) in [7, 11) is -4.02. The fourth-order valence-corrected chi connectivity index (χ4v) is 2.73. The summed E-state index contributed by atoms with van der Waals surface area (Å²) in [6.45, 7) is 0. The van der Waals surface area contributed by atoms with Crippen molar-refractivity contribution in [2.24, 2.45) is 5.73 Å². The quantitative estimate of drug-likeness (QED) is 0.583. The number of primary amides is 1. The second-order valence-electron chi connectivity index (χ2n) is 4.38. The first-order chi connectivity index (χ1) is 11.3. The van der Waals surface area contributed by atoms with E-state index in [1.807, 2.05) is 0 Å². The third kappa shape index (κ3) is 4.54. The molecule has 0 aliphatic carbocycles. The van der Waals surface area contributed by atoms with Crippen molar-refractivity contribution in [3.63, 3.8) is 0 Å². The van der Waals surface area contributed by atoms with Crippen molar-refractivity contribution in [2.45, 2.75) is 4.90 Å². The second kappa shape index (κ2) is 7.10. The maximum atomic E-state index is 11.7. The first-order valence-corrected chi connectivity index (χ1v) is 8.25. The van der Waals surface area contributed by atoms with Crippen LogP contribution in [-0.2, 0) is 10.0 Å². The number of carbonyl (C=O) groups excluding carboxylic acids is 2. The molecule has 9 nitrogen and oxygen atoms in total. The summed E-state index contributed by atoms with van der Waals surface area (Å²) in [4.78, 5) is 22.2. The van der Waals surface area contributed by atoms with Gasteiger partial charge < -0.3 is 15.5 Å². The van der Waals surface area contributed by atoms with E-state index in [9.17, 15) is 18.0 Å². The Bertz CT molecular complexity index is 860. The number of anilines is 1. The van der Waals surface area contributed by atoms with E-state index in [4.69, 9.17) is 22.4 Å². The number of amides is 3. The fourth-order valence-electron chi connectivity index (χ4n) is 1.64. The molecule has 5 N–H and O–H groups in total. The molecule has 0 aliphatic rings. The maximum absolute atomic E-state index is 11.7. The molecule has 24 heavy (non-hydrogen) atoms. The van der Waals surface area contributed by atoms with Gasteiger partial charge in [-0.15, -0.1) is 0 Å². The predicted octanol–water partition coefficient (Wildman–Crippen LogP) is 0.763.